The van der Waals surface area contributed by atoms with Crippen LogP contribution in [-0.2, 0) is 14.2 Å². The van der Waals surface area contributed by atoms with Crippen LogP contribution < -0.4 is 0 Å². The minimum absolute atomic E-state index is 0.0520. The van der Waals surface area contributed by atoms with Crippen LogP contribution in [-0.4, -0.2) is 25.3 Å². The molecule has 0 aromatic heterocycles. The summed E-state index contributed by atoms with van der Waals surface area (Å²) in [6.07, 6.45) is 7.83. The van der Waals surface area contributed by atoms with Gasteiger partial charge < -0.3 is 14.2 Å². The van der Waals surface area contributed by atoms with E-state index in [1.54, 1.807) is 12.1 Å². The van der Waals surface area contributed by atoms with E-state index in [-0.39, 0.29) is 11.7 Å². The summed E-state index contributed by atoms with van der Waals surface area (Å²) in [6.45, 7) is 5.47. The molecule has 2 aliphatic rings. The van der Waals surface area contributed by atoms with Crippen molar-refractivity contribution in [2.24, 2.45) is 11.8 Å². The zero-order valence-corrected chi connectivity index (χ0v) is 17.1. The van der Waals surface area contributed by atoms with E-state index < -0.39 is 18.1 Å². The van der Waals surface area contributed by atoms with Crippen molar-refractivity contribution < 1.29 is 23.4 Å². The highest BCUT2D eigenvalue weighted by Gasteiger charge is 2.27. The Labute approximate surface area is 167 Å². The fraction of sp³-hybridized carbons (Fsp3) is 0.696. The molecule has 1 aromatic rings. The van der Waals surface area contributed by atoms with Crippen LogP contribution in [0.25, 0.3) is 0 Å². The fourth-order valence-electron chi connectivity index (χ4n) is 4.31. The van der Waals surface area contributed by atoms with Crippen LogP contribution in [0.5, 0.6) is 0 Å². The molecular formula is C23H33FO4. The average Bonchev–Trinajstić information content (AvgIpc) is 2.70. The summed E-state index contributed by atoms with van der Waals surface area (Å²) in [5.74, 6) is 0.188. The highest BCUT2D eigenvalue weighted by molar-refractivity contribution is 5.89. The number of hydrogen-bond acceptors (Lipinski definition) is 4. The van der Waals surface area contributed by atoms with Crippen LogP contribution in [0, 0.1) is 17.7 Å². The van der Waals surface area contributed by atoms with Crippen molar-refractivity contribution in [3.8, 4) is 0 Å². The third-order valence-electron chi connectivity index (χ3n) is 5.92. The number of carbonyl (C=O) groups is 1. The summed E-state index contributed by atoms with van der Waals surface area (Å²) >= 11 is 0. The van der Waals surface area contributed by atoms with Crippen LogP contribution in [0.2, 0.25) is 0 Å². The van der Waals surface area contributed by atoms with Gasteiger partial charge in [0.05, 0.1) is 18.8 Å². The van der Waals surface area contributed by atoms with Crippen molar-refractivity contribution in [1.29, 1.82) is 0 Å². The van der Waals surface area contributed by atoms with E-state index in [0.717, 1.165) is 44.4 Å². The molecular weight excluding hydrogens is 359 g/mol. The lowest BCUT2D eigenvalue weighted by Gasteiger charge is -2.30. The highest BCUT2D eigenvalue weighted by Crippen LogP contribution is 2.31. The summed E-state index contributed by atoms with van der Waals surface area (Å²) in [4.78, 5) is 12.4. The van der Waals surface area contributed by atoms with Crippen LogP contribution in [0.4, 0.5) is 4.39 Å². The van der Waals surface area contributed by atoms with Gasteiger partial charge in [0.1, 0.15) is 11.9 Å². The first-order valence-electron chi connectivity index (χ1n) is 10.8. The number of esters is 1. The number of hydrogen-bond donors (Lipinski definition) is 0. The minimum atomic E-state index is -0.702. The number of benzene rings is 1. The van der Waals surface area contributed by atoms with Gasteiger partial charge >= 0.3 is 5.97 Å². The van der Waals surface area contributed by atoms with Gasteiger partial charge in [-0.25, -0.2) is 9.18 Å². The van der Waals surface area contributed by atoms with Gasteiger partial charge in [0.2, 0.25) is 0 Å². The van der Waals surface area contributed by atoms with Gasteiger partial charge in [-0.15, -0.1) is 0 Å². The van der Waals surface area contributed by atoms with E-state index in [1.807, 2.05) is 0 Å². The summed E-state index contributed by atoms with van der Waals surface area (Å²) < 4.78 is 31.6. The molecule has 156 valence electrons. The summed E-state index contributed by atoms with van der Waals surface area (Å²) in [5, 5.41) is 0. The predicted octanol–water partition coefficient (Wildman–Crippen LogP) is 5.80. The lowest BCUT2D eigenvalue weighted by Crippen LogP contribution is -2.27. The van der Waals surface area contributed by atoms with Crippen molar-refractivity contribution >= 4 is 5.97 Å². The Kier molecular flexibility index (Phi) is 7.86. The Hall–Kier alpha value is -1.46. The van der Waals surface area contributed by atoms with Crippen LogP contribution in [0.3, 0.4) is 0 Å². The Morgan fingerprint density at radius 3 is 2.29 bits per heavy atom. The van der Waals surface area contributed by atoms with E-state index in [0.29, 0.717) is 24.7 Å². The average molecular weight is 393 g/mol. The van der Waals surface area contributed by atoms with Crippen molar-refractivity contribution in [1.82, 2.24) is 0 Å². The van der Waals surface area contributed by atoms with Crippen LogP contribution in [0.1, 0.15) is 87.4 Å². The van der Waals surface area contributed by atoms with Gasteiger partial charge in [-0.3, -0.25) is 0 Å². The van der Waals surface area contributed by atoms with Gasteiger partial charge in [0.15, 0.2) is 6.29 Å². The summed E-state index contributed by atoms with van der Waals surface area (Å²) in [6, 6.07) is 4.43. The molecule has 1 saturated heterocycles. The first kappa shape index (κ1) is 21.3. The number of rotatable bonds is 7. The molecule has 0 radical (unpaired) electrons. The number of halogens is 1. The van der Waals surface area contributed by atoms with Crippen LogP contribution in [0.15, 0.2) is 18.2 Å². The van der Waals surface area contributed by atoms with E-state index in [4.69, 9.17) is 14.2 Å². The molecule has 28 heavy (non-hydrogen) atoms. The molecule has 0 atom stereocenters. The Morgan fingerprint density at radius 2 is 1.68 bits per heavy atom. The zero-order chi connectivity index (χ0) is 19.9. The lowest BCUT2D eigenvalue weighted by atomic mass is 9.85. The molecule has 1 aliphatic carbocycles. The SMILES string of the molecule is CCCC1CCC(OC(=O)c2ccc([C@H]3OC[C@H](CCC)CO3)c(F)c2)CC1. The van der Waals surface area contributed by atoms with E-state index in [1.165, 1.54) is 18.9 Å². The maximum atomic E-state index is 14.6. The molecule has 2 fully saturated rings. The smallest absolute Gasteiger partial charge is 0.338 e. The van der Waals surface area contributed by atoms with E-state index in [9.17, 15) is 9.18 Å². The van der Waals surface area contributed by atoms with Gasteiger partial charge in [-0.1, -0.05) is 39.2 Å². The minimum Gasteiger partial charge on any atom is -0.459 e. The molecule has 0 bridgehead atoms. The maximum Gasteiger partial charge on any atom is 0.338 e. The molecule has 1 aromatic carbocycles. The van der Waals surface area contributed by atoms with Gasteiger partial charge in [0, 0.05) is 11.5 Å². The molecule has 1 heterocycles. The van der Waals surface area contributed by atoms with Gasteiger partial charge in [-0.2, -0.15) is 0 Å². The zero-order valence-electron chi connectivity index (χ0n) is 17.1. The van der Waals surface area contributed by atoms with E-state index in [2.05, 4.69) is 13.8 Å². The maximum absolute atomic E-state index is 14.6. The molecule has 0 amide bonds. The molecule has 0 N–H and O–H groups in total. The Morgan fingerprint density at radius 1 is 1.04 bits per heavy atom. The third kappa shape index (κ3) is 5.54. The van der Waals surface area contributed by atoms with Crippen molar-refractivity contribution in [3.05, 3.63) is 35.1 Å². The van der Waals surface area contributed by atoms with Gasteiger partial charge in [-0.05, 0) is 50.2 Å². The summed E-state index contributed by atoms with van der Waals surface area (Å²) in [5.41, 5.74) is 0.586. The largest absolute Gasteiger partial charge is 0.459 e. The third-order valence-corrected chi connectivity index (χ3v) is 5.92. The standard InChI is InChI=1S/C23H33FO4/c1-3-5-16-7-10-19(11-8-16)28-22(25)18-9-12-20(21(24)13-18)23-26-14-17(6-4-2)15-27-23/h9,12-13,16-17,19,23H,3-8,10-11,14-15H2,1-2H3/t16?,17-,19?,23-. The highest BCUT2D eigenvalue weighted by atomic mass is 19.1. The second-order valence-electron chi connectivity index (χ2n) is 8.23. The molecule has 5 heteroatoms. The Balaban J connectivity index is 1.53. The predicted molar refractivity (Wildman–Crippen MR) is 106 cm³/mol. The molecule has 0 unspecified atom stereocenters. The molecule has 3 rings (SSSR count). The lowest BCUT2D eigenvalue weighted by molar-refractivity contribution is -0.207. The first-order chi connectivity index (χ1) is 13.6. The fourth-order valence-corrected chi connectivity index (χ4v) is 4.31. The molecule has 1 aliphatic heterocycles. The first-order valence-corrected chi connectivity index (χ1v) is 10.8. The van der Waals surface area contributed by atoms with Gasteiger partial charge in [0.25, 0.3) is 0 Å². The van der Waals surface area contributed by atoms with E-state index >= 15 is 0 Å². The monoisotopic (exact) mass is 392 g/mol. The normalized spacial score (nSPS) is 28.1. The van der Waals surface area contributed by atoms with Crippen molar-refractivity contribution in [3.63, 3.8) is 0 Å². The Bertz CT molecular complexity index is 631. The van der Waals surface area contributed by atoms with Crippen molar-refractivity contribution in [2.45, 2.75) is 77.6 Å². The number of carbonyl (C=O) groups excluding carboxylic acids is 1. The van der Waals surface area contributed by atoms with Crippen LogP contribution >= 0.6 is 0 Å². The topological polar surface area (TPSA) is 44.8 Å². The number of ether oxygens (including phenoxy) is 3. The molecule has 0 spiro atoms. The second-order valence-corrected chi connectivity index (χ2v) is 8.23. The van der Waals surface area contributed by atoms with Crippen molar-refractivity contribution in [2.75, 3.05) is 13.2 Å². The molecule has 4 nitrogen and oxygen atoms in total. The second kappa shape index (κ2) is 10.4. The summed E-state index contributed by atoms with van der Waals surface area (Å²) in [7, 11) is 0. The molecule has 1 saturated carbocycles. The quantitative estimate of drug-likeness (QED) is 0.550.